The van der Waals surface area contributed by atoms with E-state index in [0.29, 0.717) is 12.4 Å². The van der Waals surface area contributed by atoms with Crippen molar-refractivity contribution in [2.24, 2.45) is 0 Å². The number of benzene rings is 2. The van der Waals surface area contributed by atoms with Crippen molar-refractivity contribution in [3.8, 4) is 11.5 Å². The zero-order valence-corrected chi connectivity index (χ0v) is 11.5. The van der Waals surface area contributed by atoms with Gasteiger partial charge in [-0.05, 0) is 42.5 Å². The van der Waals surface area contributed by atoms with E-state index in [1.165, 1.54) is 0 Å². The summed E-state index contributed by atoms with van der Waals surface area (Å²) in [6.45, 7) is 0.655. The first-order valence-electron chi connectivity index (χ1n) is 6.89. The number of aliphatic hydroxyl groups excluding tert-OH is 1. The Hall–Kier alpha value is -2.00. The third kappa shape index (κ3) is 4.28. The average molecular weight is 272 g/mol. The van der Waals surface area contributed by atoms with E-state index in [1.54, 1.807) is 12.1 Å². The first-order chi connectivity index (χ1) is 9.79. The van der Waals surface area contributed by atoms with Crippen LogP contribution in [0.4, 0.5) is 0 Å². The molecule has 0 unspecified atom stereocenters. The predicted molar refractivity (Wildman–Crippen MR) is 78.9 cm³/mol. The molecule has 20 heavy (non-hydrogen) atoms. The molecule has 0 atom stereocenters. The zero-order valence-electron chi connectivity index (χ0n) is 11.5. The third-order valence-corrected chi connectivity index (χ3v) is 3.13. The summed E-state index contributed by atoms with van der Waals surface area (Å²) in [5.41, 5.74) is 2.13. The smallest absolute Gasteiger partial charge is 0.161 e. The fourth-order valence-electron chi connectivity index (χ4n) is 2.02. The molecule has 106 valence electrons. The van der Waals surface area contributed by atoms with Crippen LogP contribution >= 0.6 is 0 Å². The lowest BCUT2D eigenvalue weighted by Gasteiger charge is -2.09. The summed E-state index contributed by atoms with van der Waals surface area (Å²) >= 11 is 0. The highest BCUT2D eigenvalue weighted by atomic mass is 16.5. The molecule has 0 bridgehead atoms. The molecule has 0 saturated carbocycles. The monoisotopic (exact) mass is 272 g/mol. The van der Waals surface area contributed by atoms with Gasteiger partial charge in [-0.3, -0.25) is 0 Å². The molecule has 2 aromatic carbocycles. The number of aliphatic hydroxyl groups is 1. The Labute approximate surface area is 119 Å². The van der Waals surface area contributed by atoms with Gasteiger partial charge in [0.15, 0.2) is 11.5 Å². The summed E-state index contributed by atoms with van der Waals surface area (Å²) in [6, 6.07) is 15.3. The summed E-state index contributed by atoms with van der Waals surface area (Å²) in [5, 5.41) is 18.7. The normalized spacial score (nSPS) is 10.4. The van der Waals surface area contributed by atoms with Gasteiger partial charge >= 0.3 is 0 Å². The standard InChI is InChI=1S/C17H20O3/c18-11-5-4-6-14-9-10-17(16(19)12-14)20-13-15-7-2-1-3-8-15/h1-3,7-10,12,18-19H,4-6,11,13H2. The summed E-state index contributed by atoms with van der Waals surface area (Å²) in [7, 11) is 0. The van der Waals surface area contributed by atoms with Crippen LogP contribution in [0.25, 0.3) is 0 Å². The molecule has 0 amide bonds. The molecule has 3 nitrogen and oxygen atoms in total. The van der Waals surface area contributed by atoms with Crippen molar-refractivity contribution in [1.82, 2.24) is 0 Å². The number of phenolic OH excluding ortho intramolecular Hbond substituents is 1. The molecule has 0 aliphatic rings. The maximum Gasteiger partial charge on any atom is 0.161 e. The second-order valence-electron chi connectivity index (χ2n) is 4.76. The van der Waals surface area contributed by atoms with Gasteiger partial charge in [-0.1, -0.05) is 36.4 Å². The topological polar surface area (TPSA) is 49.7 Å². The van der Waals surface area contributed by atoms with E-state index in [0.717, 1.165) is 30.4 Å². The number of hydrogen-bond acceptors (Lipinski definition) is 3. The molecule has 0 spiro atoms. The van der Waals surface area contributed by atoms with E-state index in [4.69, 9.17) is 9.84 Å². The minimum atomic E-state index is 0.169. The molecular weight excluding hydrogens is 252 g/mol. The molecule has 3 heteroatoms. The molecule has 0 aliphatic heterocycles. The average Bonchev–Trinajstić information content (AvgIpc) is 2.48. The number of rotatable bonds is 7. The van der Waals surface area contributed by atoms with Crippen LogP contribution < -0.4 is 4.74 Å². The van der Waals surface area contributed by atoms with Crippen molar-refractivity contribution in [2.75, 3.05) is 6.61 Å². The number of hydrogen-bond donors (Lipinski definition) is 2. The summed E-state index contributed by atoms with van der Waals surface area (Å²) in [6.07, 6.45) is 2.56. The van der Waals surface area contributed by atoms with E-state index >= 15 is 0 Å². The molecule has 0 heterocycles. The van der Waals surface area contributed by atoms with Crippen molar-refractivity contribution in [2.45, 2.75) is 25.9 Å². The first kappa shape index (κ1) is 14.4. The van der Waals surface area contributed by atoms with Crippen LogP contribution in [0.3, 0.4) is 0 Å². The first-order valence-corrected chi connectivity index (χ1v) is 6.89. The van der Waals surface area contributed by atoms with E-state index < -0.39 is 0 Å². The maximum absolute atomic E-state index is 9.95. The Bertz CT molecular complexity index is 523. The minimum Gasteiger partial charge on any atom is -0.504 e. The largest absolute Gasteiger partial charge is 0.504 e. The van der Waals surface area contributed by atoms with Crippen LogP contribution in [0.15, 0.2) is 48.5 Å². The zero-order chi connectivity index (χ0) is 14.2. The molecule has 0 radical (unpaired) electrons. The Morgan fingerprint density at radius 3 is 2.40 bits per heavy atom. The van der Waals surface area contributed by atoms with Gasteiger partial charge in [0.1, 0.15) is 6.61 Å². The summed E-state index contributed by atoms with van der Waals surface area (Å²) < 4.78 is 5.61. The number of aryl methyl sites for hydroxylation is 1. The Morgan fingerprint density at radius 2 is 1.70 bits per heavy atom. The van der Waals surface area contributed by atoms with Gasteiger partial charge in [0.05, 0.1) is 0 Å². The van der Waals surface area contributed by atoms with Crippen LogP contribution in [0.2, 0.25) is 0 Å². The Balaban J connectivity index is 1.92. The second-order valence-corrected chi connectivity index (χ2v) is 4.76. The van der Waals surface area contributed by atoms with Crippen molar-refractivity contribution in [3.05, 3.63) is 59.7 Å². The predicted octanol–water partition coefficient (Wildman–Crippen LogP) is 3.29. The molecular formula is C17H20O3. The van der Waals surface area contributed by atoms with Crippen LogP contribution in [-0.2, 0) is 13.0 Å². The minimum absolute atomic E-state index is 0.169. The van der Waals surface area contributed by atoms with Crippen molar-refractivity contribution < 1.29 is 14.9 Å². The Kier molecular flexibility index (Phi) is 5.44. The molecule has 2 aromatic rings. The maximum atomic E-state index is 9.95. The number of ether oxygens (including phenoxy) is 1. The highest BCUT2D eigenvalue weighted by molar-refractivity contribution is 5.42. The summed E-state index contributed by atoms with van der Waals surface area (Å²) in [4.78, 5) is 0. The fourth-order valence-corrected chi connectivity index (χ4v) is 2.02. The number of phenols is 1. The van der Waals surface area contributed by atoms with Gasteiger partial charge in [-0.15, -0.1) is 0 Å². The van der Waals surface area contributed by atoms with Gasteiger partial charge in [0, 0.05) is 6.61 Å². The lowest BCUT2D eigenvalue weighted by atomic mass is 10.1. The van der Waals surface area contributed by atoms with Gasteiger partial charge in [0.25, 0.3) is 0 Å². The van der Waals surface area contributed by atoms with Crippen molar-refractivity contribution in [3.63, 3.8) is 0 Å². The van der Waals surface area contributed by atoms with Gasteiger partial charge in [-0.2, -0.15) is 0 Å². The highest BCUT2D eigenvalue weighted by Gasteiger charge is 2.04. The lowest BCUT2D eigenvalue weighted by molar-refractivity contribution is 0.284. The van der Waals surface area contributed by atoms with E-state index in [-0.39, 0.29) is 12.4 Å². The SMILES string of the molecule is OCCCCc1ccc(OCc2ccccc2)c(O)c1. The summed E-state index contributed by atoms with van der Waals surface area (Å²) in [5.74, 6) is 0.669. The van der Waals surface area contributed by atoms with Crippen LogP contribution in [0, 0.1) is 0 Å². The molecule has 0 fully saturated rings. The Morgan fingerprint density at radius 1 is 0.900 bits per heavy atom. The van der Waals surface area contributed by atoms with Gasteiger partial charge in [-0.25, -0.2) is 0 Å². The van der Waals surface area contributed by atoms with Crippen LogP contribution in [0.5, 0.6) is 11.5 Å². The molecule has 2 rings (SSSR count). The second kappa shape index (κ2) is 7.56. The molecule has 2 N–H and O–H groups in total. The van der Waals surface area contributed by atoms with Gasteiger partial charge < -0.3 is 14.9 Å². The van der Waals surface area contributed by atoms with Crippen molar-refractivity contribution >= 4 is 0 Å². The van der Waals surface area contributed by atoms with E-state index in [2.05, 4.69) is 0 Å². The lowest BCUT2D eigenvalue weighted by Crippen LogP contribution is -1.96. The van der Waals surface area contributed by atoms with E-state index in [9.17, 15) is 5.11 Å². The number of unbranched alkanes of at least 4 members (excludes halogenated alkanes) is 1. The van der Waals surface area contributed by atoms with E-state index in [1.807, 2.05) is 36.4 Å². The molecule has 0 saturated heterocycles. The quantitative estimate of drug-likeness (QED) is 0.760. The van der Waals surface area contributed by atoms with Crippen LogP contribution in [0.1, 0.15) is 24.0 Å². The van der Waals surface area contributed by atoms with Crippen molar-refractivity contribution in [1.29, 1.82) is 0 Å². The van der Waals surface area contributed by atoms with Crippen LogP contribution in [-0.4, -0.2) is 16.8 Å². The highest BCUT2D eigenvalue weighted by Crippen LogP contribution is 2.28. The molecule has 0 aromatic heterocycles. The number of aromatic hydroxyl groups is 1. The fraction of sp³-hybridized carbons (Fsp3) is 0.294. The third-order valence-electron chi connectivity index (χ3n) is 3.13. The van der Waals surface area contributed by atoms with Gasteiger partial charge in [0.2, 0.25) is 0 Å². The molecule has 0 aliphatic carbocycles.